The third-order valence-electron chi connectivity index (χ3n) is 3.27. The summed E-state index contributed by atoms with van der Waals surface area (Å²) in [5.74, 6) is -1.35. The summed E-state index contributed by atoms with van der Waals surface area (Å²) >= 11 is 0. The van der Waals surface area contributed by atoms with E-state index in [-0.39, 0.29) is 5.89 Å². The molecular weight excluding hydrogens is 242 g/mol. The van der Waals surface area contributed by atoms with Gasteiger partial charge in [-0.3, -0.25) is 0 Å². The molecule has 0 N–H and O–H groups in total. The third kappa shape index (κ3) is 3.13. The molecule has 0 bridgehead atoms. The number of aryl methyl sites for hydroxylation is 1. The highest BCUT2D eigenvalue weighted by atomic mass is 16.4. The molecular formula is C15H19NO3. The molecule has 0 spiro atoms. The van der Waals surface area contributed by atoms with Crippen molar-refractivity contribution in [3.8, 4) is 0 Å². The standard InChI is InChI=1S/C15H19NO3/c1-2-3-4-5-8-11-16-12-9-6-7-10-13(12)19-14(16)15(17)18/h6-7,9-10H,2-5,8,11H2,1H3. The summed E-state index contributed by atoms with van der Waals surface area (Å²) in [6.45, 7) is 2.83. The van der Waals surface area contributed by atoms with Gasteiger partial charge in [0.2, 0.25) is 5.58 Å². The van der Waals surface area contributed by atoms with Crippen LogP contribution in [0.5, 0.6) is 0 Å². The summed E-state index contributed by atoms with van der Waals surface area (Å²) in [5, 5.41) is 11.1. The first-order chi connectivity index (χ1) is 9.24. The van der Waals surface area contributed by atoms with Crippen LogP contribution in [0.2, 0.25) is 0 Å². The number of benzene rings is 1. The summed E-state index contributed by atoms with van der Waals surface area (Å²) in [6, 6.07) is 7.35. The zero-order chi connectivity index (χ0) is 13.7. The lowest BCUT2D eigenvalue weighted by Gasteiger charge is -1.99. The fourth-order valence-corrected chi connectivity index (χ4v) is 2.28. The van der Waals surface area contributed by atoms with Gasteiger partial charge < -0.3 is 14.3 Å². The molecule has 4 heteroatoms. The number of para-hydroxylation sites is 2. The Morgan fingerprint density at radius 3 is 2.68 bits per heavy atom. The van der Waals surface area contributed by atoms with E-state index in [4.69, 9.17) is 4.42 Å². The molecule has 0 atom stereocenters. The van der Waals surface area contributed by atoms with E-state index in [0.29, 0.717) is 12.1 Å². The Balaban J connectivity index is 2.15. The number of hydrogen-bond acceptors (Lipinski definition) is 3. The summed E-state index contributed by atoms with van der Waals surface area (Å²) in [4.78, 5) is 11.1. The Morgan fingerprint density at radius 2 is 1.95 bits per heavy atom. The maximum absolute atomic E-state index is 11.1. The van der Waals surface area contributed by atoms with Crippen LogP contribution >= 0.6 is 0 Å². The highest BCUT2D eigenvalue weighted by Crippen LogP contribution is 2.13. The van der Waals surface area contributed by atoms with Gasteiger partial charge in [-0.2, -0.15) is 4.57 Å². The zero-order valence-electron chi connectivity index (χ0n) is 11.2. The lowest BCUT2D eigenvalue weighted by atomic mass is 10.1. The SMILES string of the molecule is CCCCCCC[n+]1c(C(=O)[O-])oc2ccccc21. The second kappa shape index (κ2) is 6.36. The number of aromatic nitrogens is 1. The molecule has 1 aromatic carbocycles. The van der Waals surface area contributed by atoms with Crippen molar-refractivity contribution in [3.63, 3.8) is 0 Å². The second-order valence-electron chi connectivity index (χ2n) is 4.73. The number of carboxylic acid groups (broad SMARTS) is 1. The van der Waals surface area contributed by atoms with Crippen molar-refractivity contribution in [2.75, 3.05) is 0 Å². The third-order valence-corrected chi connectivity index (χ3v) is 3.27. The summed E-state index contributed by atoms with van der Waals surface area (Å²) in [7, 11) is 0. The lowest BCUT2D eigenvalue weighted by Crippen LogP contribution is -2.42. The van der Waals surface area contributed by atoms with E-state index in [0.717, 1.165) is 18.4 Å². The number of carbonyl (C=O) groups is 1. The fourth-order valence-electron chi connectivity index (χ4n) is 2.28. The molecule has 2 aromatic rings. The minimum absolute atomic E-state index is 0.0864. The molecule has 0 aliphatic rings. The maximum atomic E-state index is 11.1. The lowest BCUT2D eigenvalue weighted by molar-refractivity contribution is -0.681. The van der Waals surface area contributed by atoms with E-state index in [2.05, 4.69) is 6.92 Å². The number of fused-ring (bicyclic) bond motifs is 1. The first-order valence-corrected chi connectivity index (χ1v) is 6.86. The van der Waals surface area contributed by atoms with Crippen molar-refractivity contribution in [2.45, 2.75) is 45.6 Å². The minimum Gasteiger partial charge on any atom is -0.537 e. The number of hydrogen-bond donors (Lipinski definition) is 0. The second-order valence-corrected chi connectivity index (χ2v) is 4.73. The Kier molecular flexibility index (Phi) is 4.55. The minimum atomic E-state index is -1.26. The zero-order valence-corrected chi connectivity index (χ0v) is 11.2. The molecule has 0 saturated carbocycles. The number of rotatable bonds is 7. The number of aromatic carboxylic acids is 1. The van der Waals surface area contributed by atoms with Gasteiger partial charge in [0.1, 0.15) is 0 Å². The van der Waals surface area contributed by atoms with E-state index in [1.165, 1.54) is 19.3 Å². The Hall–Kier alpha value is -1.84. The quantitative estimate of drug-likeness (QED) is 0.566. The first-order valence-electron chi connectivity index (χ1n) is 6.86. The number of carboxylic acids is 1. The molecule has 2 rings (SSSR count). The molecule has 0 unspecified atom stereocenters. The first kappa shape index (κ1) is 13.6. The van der Waals surface area contributed by atoms with Crippen LogP contribution in [0.15, 0.2) is 28.7 Å². The number of oxazole rings is 1. The van der Waals surface area contributed by atoms with Gasteiger partial charge in [-0.05, 0) is 12.5 Å². The smallest absolute Gasteiger partial charge is 0.397 e. The molecule has 102 valence electrons. The van der Waals surface area contributed by atoms with Crippen LogP contribution < -0.4 is 9.67 Å². The molecule has 1 heterocycles. The van der Waals surface area contributed by atoms with Crippen molar-refractivity contribution in [1.82, 2.24) is 0 Å². The van der Waals surface area contributed by atoms with Gasteiger partial charge in [0.15, 0.2) is 12.5 Å². The molecule has 1 aromatic heterocycles. The van der Waals surface area contributed by atoms with E-state index >= 15 is 0 Å². The van der Waals surface area contributed by atoms with Crippen LogP contribution in [0.25, 0.3) is 11.1 Å². The summed E-state index contributed by atoms with van der Waals surface area (Å²) in [5.41, 5.74) is 1.41. The predicted molar refractivity (Wildman–Crippen MR) is 69.5 cm³/mol. The molecule has 0 aliphatic heterocycles. The van der Waals surface area contributed by atoms with E-state index in [9.17, 15) is 9.90 Å². The van der Waals surface area contributed by atoms with Crippen LogP contribution in [0.4, 0.5) is 0 Å². The molecule has 0 fully saturated rings. The molecule has 0 saturated heterocycles. The van der Waals surface area contributed by atoms with Gasteiger partial charge in [-0.1, -0.05) is 38.3 Å². The van der Waals surface area contributed by atoms with Crippen molar-refractivity contribution in [2.24, 2.45) is 0 Å². The van der Waals surface area contributed by atoms with Crippen LogP contribution in [-0.2, 0) is 6.54 Å². The van der Waals surface area contributed by atoms with Gasteiger partial charge in [0, 0.05) is 12.5 Å². The fraction of sp³-hybridized carbons (Fsp3) is 0.467. The van der Waals surface area contributed by atoms with Gasteiger partial charge in [-0.15, -0.1) is 0 Å². The Bertz CT molecular complexity index is 560. The largest absolute Gasteiger partial charge is 0.537 e. The Labute approximate surface area is 112 Å². The van der Waals surface area contributed by atoms with Gasteiger partial charge in [0.05, 0.1) is 0 Å². The number of carbonyl (C=O) groups excluding carboxylic acids is 1. The van der Waals surface area contributed by atoms with Gasteiger partial charge >= 0.3 is 5.89 Å². The average molecular weight is 261 g/mol. The number of nitrogens with zero attached hydrogens (tertiary/aromatic N) is 1. The number of unbranched alkanes of at least 4 members (excludes halogenated alkanes) is 4. The van der Waals surface area contributed by atoms with Crippen molar-refractivity contribution in [1.29, 1.82) is 0 Å². The van der Waals surface area contributed by atoms with Crippen LogP contribution in [0, 0.1) is 0 Å². The summed E-state index contributed by atoms with van der Waals surface area (Å²) < 4.78 is 7.04. The molecule has 4 nitrogen and oxygen atoms in total. The van der Waals surface area contributed by atoms with Crippen molar-refractivity contribution in [3.05, 3.63) is 30.2 Å². The topological polar surface area (TPSA) is 57.1 Å². The average Bonchev–Trinajstić information content (AvgIpc) is 2.78. The Morgan fingerprint density at radius 1 is 1.21 bits per heavy atom. The highest BCUT2D eigenvalue weighted by molar-refractivity contribution is 5.81. The molecule has 0 radical (unpaired) electrons. The van der Waals surface area contributed by atoms with Gasteiger partial charge in [-0.25, -0.2) is 0 Å². The molecule has 0 amide bonds. The summed E-state index contributed by atoms with van der Waals surface area (Å²) in [6.07, 6.45) is 5.67. The predicted octanol–water partition coefficient (Wildman–Crippen LogP) is 2.05. The molecule has 19 heavy (non-hydrogen) atoms. The molecule has 0 aliphatic carbocycles. The van der Waals surface area contributed by atoms with E-state index < -0.39 is 5.97 Å². The van der Waals surface area contributed by atoms with Crippen LogP contribution in [0.1, 0.15) is 49.7 Å². The normalized spacial score (nSPS) is 11.0. The van der Waals surface area contributed by atoms with Gasteiger partial charge in [0.25, 0.3) is 5.52 Å². The monoisotopic (exact) mass is 261 g/mol. The van der Waals surface area contributed by atoms with Crippen LogP contribution in [0.3, 0.4) is 0 Å². The highest BCUT2D eigenvalue weighted by Gasteiger charge is 2.22. The van der Waals surface area contributed by atoms with E-state index in [1.807, 2.05) is 18.2 Å². The van der Waals surface area contributed by atoms with Crippen molar-refractivity contribution < 1.29 is 18.9 Å². The van der Waals surface area contributed by atoms with Crippen LogP contribution in [-0.4, -0.2) is 5.97 Å². The van der Waals surface area contributed by atoms with Crippen molar-refractivity contribution >= 4 is 17.1 Å². The van der Waals surface area contributed by atoms with E-state index in [1.54, 1.807) is 10.6 Å². The maximum Gasteiger partial charge on any atom is 0.397 e.